The summed E-state index contributed by atoms with van der Waals surface area (Å²) in [4.78, 5) is 23.2. The zero-order valence-corrected chi connectivity index (χ0v) is 13.0. The summed E-state index contributed by atoms with van der Waals surface area (Å²) in [5.74, 6) is -0.264. The number of hydrogen-bond acceptors (Lipinski definition) is 5. The van der Waals surface area contributed by atoms with Crippen molar-refractivity contribution in [2.24, 2.45) is 0 Å². The maximum Gasteiger partial charge on any atom is 0.242 e. The minimum absolute atomic E-state index is 0.111. The fourth-order valence-electron chi connectivity index (χ4n) is 1.75. The van der Waals surface area contributed by atoms with E-state index in [0.29, 0.717) is 29.9 Å². The molecule has 0 spiro atoms. The Bertz CT molecular complexity index is 751. The van der Waals surface area contributed by atoms with Crippen LogP contribution < -0.4 is 10.6 Å². The number of carbonyl (C=O) groups is 2. The first kappa shape index (κ1) is 15.8. The van der Waals surface area contributed by atoms with Gasteiger partial charge in [0.1, 0.15) is 0 Å². The lowest BCUT2D eigenvalue weighted by molar-refractivity contribution is -0.116. The molecule has 2 amide bonds. The third-order valence-corrected chi connectivity index (χ3v) is 3.17. The van der Waals surface area contributed by atoms with Gasteiger partial charge in [-0.1, -0.05) is 24.2 Å². The molecule has 116 valence electrons. The van der Waals surface area contributed by atoms with Gasteiger partial charge in [-0.15, -0.1) is 0 Å². The van der Waals surface area contributed by atoms with E-state index in [1.165, 1.54) is 4.68 Å². The van der Waals surface area contributed by atoms with Gasteiger partial charge < -0.3 is 10.6 Å². The van der Waals surface area contributed by atoms with E-state index in [0.717, 1.165) is 0 Å². The highest BCUT2D eigenvalue weighted by atomic mass is 32.1. The van der Waals surface area contributed by atoms with Crippen molar-refractivity contribution >= 4 is 35.4 Å². The average Bonchev–Trinajstić information content (AvgIpc) is 2.93. The van der Waals surface area contributed by atoms with Crippen LogP contribution in [-0.2, 0) is 9.59 Å². The van der Waals surface area contributed by atoms with Crippen LogP contribution in [0, 0.1) is 4.77 Å². The van der Waals surface area contributed by atoms with Crippen LogP contribution in [0.4, 0.5) is 11.4 Å². The standard InChI is InChI=1S/C13H16N6O2S/c1-3-11(20)14-8-5-6-10(19-13(22)16-17-18-19)9(7-8)15-12(21)4-2/h5-7H,3-4H2,1-2H3,(H,14,20)(H,15,21)(H,16,18,22). The Morgan fingerprint density at radius 2 is 1.91 bits per heavy atom. The summed E-state index contributed by atoms with van der Waals surface area (Å²) in [6.07, 6.45) is 0.700. The molecular formula is C13H16N6O2S. The lowest BCUT2D eigenvalue weighted by atomic mass is 10.2. The highest BCUT2D eigenvalue weighted by Gasteiger charge is 2.11. The molecule has 2 aromatic rings. The van der Waals surface area contributed by atoms with E-state index < -0.39 is 0 Å². The predicted molar refractivity (Wildman–Crippen MR) is 84.4 cm³/mol. The van der Waals surface area contributed by atoms with Crippen molar-refractivity contribution in [1.29, 1.82) is 0 Å². The number of H-pyrrole nitrogens is 1. The summed E-state index contributed by atoms with van der Waals surface area (Å²) in [5.41, 5.74) is 1.68. The van der Waals surface area contributed by atoms with E-state index in [9.17, 15) is 9.59 Å². The fourth-order valence-corrected chi connectivity index (χ4v) is 1.93. The van der Waals surface area contributed by atoms with Crippen molar-refractivity contribution in [3.8, 4) is 5.69 Å². The molecular weight excluding hydrogens is 304 g/mol. The van der Waals surface area contributed by atoms with E-state index >= 15 is 0 Å². The number of rotatable bonds is 5. The van der Waals surface area contributed by atoms with Crippen LogP contribution in [0.1, 0.15) is 26.7 Å². The Kier molecular flexibility index (Phi) is 4.99. The third kappa shape index (κ3) is 3.55. The largest absolute Gasteiger partial charge is 0.326 e. The van der Waals surface area contributed by atoms with Gasteiger partial charge in [-0.3, -0.25) is 9.59 Å². The summed E-state index contributed by atoms with van der Waals surface area (Å²) < 4.78 is 1.70. The molecule has 1 heterocycles. The minimum atomic E-state index is -0.154. The van der Waals surface area contributed by atoms with E-state index in [4.69, 9.17) is 12.2 Å². The van der Waals surface area contributed by atoms with Crippen molar-refractivity contribution < 1.29 is 9.59 Å². The molecule has 0 aliphatic carbocycles. The number of anilines is 2. The molecule has 0 aliphatic rings. The second-order valence-electron chi connectivity index (χ2n) is 4.45. The third-order valence-electron chi connectivity index (χ3n) is 2.91. The molecule has 22 heavy (non-hydrogen) atoms. The van der Waals surface area contributed by atoms with Crippen molar-refractivity contribution in [2.75, 3.05) is 10.6 Å². The highest BCUT2D eigenvalue weighted by Crippen LogP contribution is 2.24. The van der Waals surface area contributed by atoms with Gasteiger partial charge in [0.15, 0.2) is 0 Å². The second-order valence-corrected chi connectivity index (χ2v) is 4.82. The van der Waals surface area contributed by atoms with Crippen LogP contribution in [0.15, 0.2) is 18.2 Å². The van der Waals surface area contributed by atoms with Crippen molar-refractivity contribution in [2.45, 2.75) is 26.7 Å². The highest BCUT2D eigenvalue weighted by molar-refractivity contribution is 7.71. The molecule has 0 atom stereocenters. The number of aromatic nitrogens is 4. The normalized spacial score (nSPS) is 10.3. The predicted octanol–water partition coefficient (Wildman–Crippen LogP) is 2.02. The average molecular weight is 320 g/mol. The van der Waals surface area contributed by atoms with Gasteiger partial charge in [0.05, 0.1) is 11.4 Å². The number of carbonyl (C=O) groups excluding carboxylic acids is 2. The number of aromatic amines is 1. The molecule has 0 saturated carbocycles. The molecule has 1 aromatic carbocycles. The summed E-state index contributed by atoms with van der Waals surface area (Å²) in [6.45, 7) is 3.51. The molecule has 0 radical (unpaired) electrons. The maximum atomic E-state index is 11.7. The van der Waals surface area contributed by atoms with E-state index in [2.05, 4.69) is 26.2 Å². The van der Waals surface area contributed by atoms with Crippen LogP contribution in [0.25, 0.3) is 5.69 Å². The molecule has 0 aliphatic heterocycles. The summed E-state index contributed by atoms with van der Waals surface area (Å²) >= 11 is 5.07. The molecule has 0 saturated heterocycles. The fraction of sp³-hybridized carbons (Fsp3) is 0.308. The van der Waals surface area contributed by atoms with Crippen LogP contribution in [0.2, 0.25) is 0 Å². The number of nitrogens with one attached hydrogen (secondary N) is 3. The number of tetrazole rings is 1. The van der Waals surface area contributed by atoms with Gasteiger partial charge in [-0.25, -0.2) is 4.68 Å². The monoisotopic (exact) mass is 320 g/mol. The van der Waals surface area contributed by atoms with Gasteiger partial charge in [0, 0.05) is 18.5 Å². The Labute approximate surface area is 131 Å². The Morgan fingerprint density at radius 1 is 1.23 bits per heavy atom. The SMILES string of the molecule is CCC(=O)Nc1ccc(-n2[nH]nnc2=S)c(NC(=O)CC)c1. The number of benzene rings is 1. The zero-order valence-electron chi connectivity index (χ0n) is 12.2. The number of hydrogen-bond donors (Lipinski definition) is 3. The molecule has 2 rings (SSSR count). The maximum absolute atomic E-state index is 11.7. The molecule has 0 fully saturated rings. The van der Waals surface area contributed by atoms with Crippen LogP contribution >= 0.6 is 12.2 Å². The second kappa shape index (κ2) is 6.94. The summed E-state index contributed by atoms with van der Waals surface area (Å²) in [6, 6.07) is 5.10. The lowest BCUT2D eigenvalue weighted by Crippen LogP contribution is -2.14. The van der Waals surface area contributed by atoms with Gasteiger partial charge in [-0.05, 0) is 30.4 Å². The zero-order chi connectivity index (χ0) is 16.1. The summed E-state index contributed by atoms with van der Waals surface area (Å²) in [5, 5.41) is 15.5. The van der Waals surface area contributed by atoms with Crippen LogP contribution in [0.3, 0.4) is 0 Å². The molecule has 3 N–H and O–H groups in total. The molecule has 0 bridgehead atoms. The van der Waals surface area contributed by atoms with Crippen molar-refractivity contribution in [1.82, 2.24) is 20.2 Å². The van der Waals surface area contributed by atoms with E-state index in [1.807, 2.05) is 0 Å². The quantitative estimate of drug-likeness (QED) is 0.731. The van der Waals surface area contributed by atoms with Crippen LogP contribution in [-0.4, -0.2) is 32.0 Å². The lowest BCUT2D eigenvalue weighted by Gasteiger charge is -2.13. The molecule has 1 aromatic heterocycles. The summed E-state index contributed by atoms with van der Waals surface area (Å²) in [7, 11) is 0. The number of amides is 2. The minimum Gasteiger partial charge on any atom is -0.326 e. The first-order valence-electron chi connectivity index (χ1n) is 6.79. The smallest absolute Gasteiger partial charge is 0.242 e. The van der Waals surface area contributed by atoms with Gasteiger partial charge in [0.25, 0.3) is 0 Å². The first-order valence-corrected chi connectivity index (χ1v) is 7.20. The molecule has 8 nitrogen and oxygen atoms in total. The Balaban J connectivity index is 2.44. The van der Waals surface area contributed by atoms with Gasteiger partial charge in [0.2, 0.25) is 16.6 Å². The molecule has 9 heteroatoms. The van der Waals surface area contributed by atoms with Crippen molar-refractivity contribution in [3.05, 3.63) is 23.0 Å². The van der Waals surface area contributed by atoms with Gasteiger partial charge in [-0.2, -0.15) is 5.21 Å². The molecule has 0 unspecified atom stereocenters. The first-order chi connectivity index (χ1) is 10.5. The topological polar surface area (TPSA) is 105 Å². The Morgan fingerprint density at radius 3 is 2.50 bits per heavy atom. The Hall–Kier alpha value is -2.55. The van der Waals surface area contributed by atoms with Crippen LogP contribution in [0.5, 0.6) is 0 Å². The van der Waals surface area contributed by atoms with Crippen molar-refractivity contribution in [3.63, 3.8) is 0 Å². The van der Waals surface area contributed by atoms with E-state index in [-0.39, 0.29) is 16.6 Å². The van der Waals surface area contributed by atoms with Gasteiger partial charge >= 0.3 is 0 Å². The number of nitrogens with zero attached hydrogens (tertiary/aromatic N) is 3. The van der Waals surface area contributed by atoms with E-state index in [1.54, 1.807) is 32.0 Å².